The number of ether oxygens (including phenoxy) is 1. The smallest absolute Gasteiger partial charge is 0.328 e. The molecule has 0 fully saturated rings. The lowest BCUT2D eigenvalue weighted by Gasteiger charge is -2.22. The van der Waals surface area contributed by atoms with Gasteiger partial charge in [0.2, 0.25) is 11.8 Å². The first-order chi connectivity index (χ1) is 10.2. The van der Waals surface area contributed by atoms with Gasteiger partial charge in [-0.05, 0) is 18.8 Å². The molecule has 22 heavy (non-hydrogen) atoms. The van der Waals surface area contributed by atoms with Gasteiger partial charge in [-0.3, -0.25) is 14.4 Å². The number of carboxylic acids is 1. The monoisotopic (exact) mass is 316 g/mol. The summed E-state index contributed by atoms with van der Waals surface area (Å²) < 4.78 is 4.55. The highest BCUT2D eigenvalue weighted by atomic mass is 16.5. The molecule has 8 nitrogen and oxygen atoms in total. The van der Waals surface area contributed by atoms with Crippen molar-refractivity contribution < 1.29 is 29.0 Å². The van der Waals surface area contributed by atoms with E-state index < -0.39 is 29.9 Å². The van der Waals surface area contributed by atoms with Gasteiger partial charge in [0.05, 0.1) is 7.11 Å². The molecule has 0 rings (SSSR count). The molecule has 2 atom stereocenters. The second kappa shape index (κ2) is 9.75. The van der Waals surface area contributed by atoms with Gasteiger partial charge in [-0.25, -0.2) is 4.79 Å². The molecule has 0 bridgehead atoms. The normalized spacial score (nSPS) is 13.1. The van der Waals surface area contributed by atoms with Gasteiger partial charge in [0.1, 0.15) is 12.1 Å². The zero-order chi connectivity index (χ0) is 17.3. The van der Waals surface area contributed by atoms with Gasteiger partial charge in [-0.2, -0.15) is 0 Å². The summed E-state index contributed by atoms with van der Waals surface area (Å²) in [6.07, 6.45) is 0.0372. The van der Waals surface area contributed by atoms with Crippen molar-refractivity contribution in [2.75, 3.05) is 7.11 Å². The van der Waals surface area contributed by atoms with Crippen LogP contribution in [-0.4, -0.2) is 48.1 Å². The van der Waals surface area contributed by atoms with Crippen molar-refractivity contribution in [3.8, 4) is 0 Å². The van der Waals surface area contributed by atoms with E-state index in [0.717, 1.165) is 7.11 Å². The highest BCUT2D eigenvalue weighted by molar-refractivity contribution is 5.90. The third-order valence-electron chi connectivity index (χ3n) is 2.85. The molecular weight excluding hydrogens is 292 g/mol. The SMILES string of the molecule is COC(=O)[C@@H](CCC(=O)O)NC(=O)[C@H](CC(C)C)NC(C)=O. The lowest BCUT2D eigenvalue weighted by Crippen LogP contribution is -2.52. The van der Waals surface area contributed by atoms with Gasteiger partial charge in [-0.1, -0.05) is 13.8 Å². The van der Waals surface area contributed by atoms with E-state index in [1.165, 1.54) is 6.92 Å². The molecule has 0 aromatic heterocycles. The van der Waals surface area contributed by atoms with Crippen LogP contribution in [0, 0.1) is 5.92 Å². The van der Waals surface area contributed by atoms with E-state index in [1.807, 2.05) is 13.8 Å². The molecule has 2 amide bonds. The summed E-state index contributed by atoms with van der Waals surface area (Å²) in [5, 5.41) is 13.6. The van der Waals surface area contributed by atoms with Crippen LogP contribution < -0.4 is 10.6 Å². The Balaban J connectivity index is 4.88. The molecule has 0 aromatic rings. The molecule has 0 saturated heterocycles. The summed E-state index contributed by atoms with van der Waals surface area (Å²) in [5.41, 5.74) is 0. The first-order valence-electron chi connectivity index (χ1n) is 7.04. The van der Waals surface area contributed by atoms with Crippen LogP contribution in [-0.2, 0) is 23.9 Å². The molecule has 0 radical (unpaired) electrons. The number of carbonyl (C=O) groups is 4. The number of aliphatic carboxylic acids is 1. The standard InChI is InChI=1S/C14H24N2O6/c1-8(2)7-11(15-9(3)17)13(20)16-10(14(21)22-4)5-6-12(18)19/h8,10-11H,5-7H2,1-4H3,(H,15,17)(H,16,20)(H,18,19)/t10-,11+/m1/s1. The van der Waals surface area contributed by atoms with E-state index in [4.69, 9.17) is 5.11 Å². The minimum absolute atomic E-state index is 0.0811. The molecule has 0 spiro atoms. The summed E-state index contributed by atoms with van der Waals surface area (Å²) in [6, 6.07) is -1.84. The molecule has 0 heterocycles. The van der Waals surface area contributed by atoms with Crippen LogP contribution in [0.3, 0.4) is 0 Å². The van der Waals surface area contributed by atoms with Crippen LogP contribution in [0.15, 0.2) is 0 Å². The average Bonchev–Trinajstić information content (AvgIpc) is 2.40. The van der Waals surface area contributed by atoms with Gasteiger partial charge >= 0.3 is 11.9 Å². The maximum Gasteiger partial charge on any atom is 0.328 e. The van der Waals surface area contributed by atoms with Crippen molar-refractivity contribution in [3.63, 3.8) is 0 Å². The maximum atomic E-state index is 12.2. The van der Waals surface area contributed by atoms with Gasteiger partial charge < -0.3 is 20.5 Å². The predicted molar refractivity (Wildman–Crippen MR) is 77.9 cm³/mol. The molecule has 0 aliphatic rings. The topological polar surface area (TPSA) is 122 Å². The summed E-state index contributed by atoms with van der Waals surface area (Å²) in [7, 11) is 1.15. The summed E-state index contributed by atoms with van der Waals surface area (Å²) in [6.45, 7) is 5.08. The minimum Gasteiger partial charge on any atom is -0.481 e. The predicted octanol–water partition coefficient (Wildman–Crippen LogP) is 0.0598. The quantitative estimate of drug-likeness (QED) is 0.517. The minimum atomic E-state index is -1.08. The van der Waals surface area contributed by atoms with E-state index in [0.29, 0.717) is 6.42 Å². The second-order valence-corrected chi connectivity index (χ2v) is 5.40. The first-order valence-corrected chi connectivity index (χ1v) is 7.04. The van der Waals surface area contributed by atoms with Gasteiger partial charge in [-0.15, -0.1) is 0 Å². The molecule has 8 heteroatoms. The fourth-order valence-electron chi connectivity index (χ4n) is 1.88. The average molecular weight is 316 g/mol. The summed E-state index contributed by atoms with van der Waals surface area (Å²) in [5.74, 6) is -2.55. The fourth-order valence-corrected chi connectivity index (χ4v) is 1.88. The Morgan fingerprint density at radius 2 is 1.68 bits per heavy atom. The lowest BCUT2D eigenvalue weighted by atomic mass is 10.0. The molecule has 0 saturated carbocycles. The van der Waals surface area contributed by atoms with Crippen LogP contribution in [0.4, 0.5) is 0 Å². The van der Waals surface area contributed by atoms with Crippen LogP contribution in [0.25, 0.3) is 0 Å². The molecule has 0 aliphatic carbocycles. The van der Waals surface area contributed by atoms with E-state index in [1.54, 1.807) is 0 Å². The lowest BCUT2D eigenvalue weighted by molar-refractivity contribution is -0.146. The van der Waals surface area contributed by atoms with Crippen molar-refractivity contribution >= 4 is 23.8 Å². The Hall–Kier alpha value is -2.12. The Morgan fingerprint density at radius 1 is 1.09 bits per heavy atom. The molecule has 0 unspecified atom stereocenters. The van der Waals surface area contributed by atoms with E-state index in [2.05, 4.69) is 15.4 Å². The summed E-state index contributed by atoms with van der Waals surface area (Å²) in [4.78, 5) is 45.6. The maximum absolute atomic E-state index is 12.2. The molecule has 0 aromatic carbocycles. The largest absolute Gasteiger partial charge is 0.481 e. The number of carboxylic acid groups (broad SMARTS) is 1. The van der Waals surface area contributed by atoms with Gasteiger partial charge in [0.25, 0.3) is 0 Å². The number of hydrogen-bond donors (Lipinski definition) is 3. The Kier molecular flexibility index (Phi) is 8.81. The van der Waals surface area contributed by atoms with E-state index in [9.17, 15) is 19.2 Å². The van der Waals surface area contributed by atoms with Crippen LogP contribution in [0.1, 0.15) is 40.0 Å². The van der Waals surface area contributed by atoms with Crippen LogP contribution >= 0.6 is 0 Å². The van der Waals surface area contributed by atoms with E-state index >= 15 is 0 Å². The van der Waals surface area contributed by atoms with Crippen molar-refractivity contribution in [2.45, 2.75) is 52.1 Å². The number of hydrogen-bond acceptors (Lipinski definition) is 5. The molecule has 126 valence electrons. The number of esters is 1. The number of methoxy groups -OCH3 is 1. The Labute approximate surface area is 129 Å². The third kappa shape index (κ3) is 8.23. The molecular formula is C14H24N2O6. The number of rotatable bonds is 9. The highest BCUT2D eigenvalue weighted by Crippen LogP contribution is 2.07. The fraction of sp³-hybridized carbons (Fsp3) is 0.714. The zero-order valence-electron chi connectivity index (χ0n) is 13.3. The third-order valence-corrected chi connectivity index (χ3v) is 2.85. The summed E-state index contributed by atoms with van der Waals surface area (Å²) >= 11 is 0. The molecule has 0 aliphatic heterocycles. The van der Waals surface area contributed by atoms with Gasteiger partial charge in [0, 0.05) is 13.3 Å². The van der Waals surface area contributed by atoms with Crippen molar-refractivity contribution in [3.05, 3.63) is 0 Å². The first kappa shape index (κ1) is 19.9. The number of amides is 2. The Bertz CT molecular complexity index is 422. The zero-order valence-corrected chi connectivity index (χ0v) is 13.3. The highest BCUT2D eigenvalue weighted by Gasteiger charge is 2.27. The number of nitrogens with one attached hydrogen (secondary N) is 2. The Morgan fingerprint density at radius 3 is 2.09 bits per heavy atom. The van der Waals surface area contributed by atoms with Crippen LogP contribution in [0.2, 0.25) is 0 Å². The number of carbonyl (C=O) groups excluding carboxylic acids is 3. The van der Waals surface area contributed by atoms with Crippen molar-refractivity contribution in [2.24, 2.45) is 5.92 Å². The second-order valence-electron chi connectivity index (χ2n) is 5.40. The van der Waals surface area contributed by atoms with Crippen molar-refractivity contribution in [1.29, 1.82) is 0 Å². The van der Waals surface area contributed by atoms with Gasteiger partial charge in [0.15, 0.2) is 0 Å². The van der Waals surface area contributed by atoms with E-state index in [-0.39, 0.29) is 24.7 Å². The molecule has 3 N–H and O–H groups in total. The van der Waals surface area contributed by atoms with Crippen LogP contribution in [0.5, 0.6) is 0 Å². The van der Waals surface area contributed by atoms with Crippen molar-refractivity contribution in [1.82, 2.24) is 10.6 Å².